The fourth-order valence-electron chi connectivity index (χ4n) is 2.61. The Balaban J connectivity index is 2.18. The van der Waals surface area contributed by atoms with E-state index >= 15 is 0 Å². The Bertz CT molecular complexity index is 430. The predicted molar refractivity (Wildman–Crippen MR) is 79.8 cm³/mol. The lowest BCUT2D eigenvalue weighted by Gasteiger charge is -2.43. The van der Waals surface area contributed by atoms with Gasteiger partial charge in [0.25, 0.3) is 0 Å². The second-order valence-electron chi connectivity index (χ2n) is 5.38. The Labute approximate surface area is 124 Å². The van der Waals surface area contributed by atoms with Gasteiger partial charge in [0.1, 0.15) is 5.01 Å². The Hall–Kier alpha value is -0.980. The van der Waals surface area contributed by atoms with Crippen LogP contribution < -0.4 is 0 Å². The average Bonchev–Trinajstić information content (AvgIpc) is 2.94. The first-order chi connectivity index (χ1) is 9.56. The van der Waals surface area contributed by atoms with Crippen molar-refractivity contribution in [2.24, 2.45) is 0 Å². The highest BCUT2D eigenvalue weighted by molar-refractivity contribution is 7.09. The van der Waals surface area contributed by atoms with Gasteiger partial charge in [0, 0.05) is 37.8 Å². The van der Waals surface area contributed by atoms with Crippen molar-refractivity contribution in [1.82, 2.24) is 14.8 Å². The first kappa shape index (κ1) is 15.4. The van der Waals surface area contributed by atoms with E-state index in [1.807, 2.05) is 12.3 Å². The molecule has 1 unspecified atom stereocenters. The lowest BCUT2D eigenvalue weighted by Crippen LogP contribution is -2.54. The number of nitrogens with zero attached hydrogens (tertiary/aromatic N) is 3. The molecule has 0 radical (unpaired) electrons. The molecule has 0 bridgehead atoms. The van der Waals surface area contributed by atoms with Gasteiger partial charge < -0.3 is 9.64 Å². The molecule has 0 N–H and O–H groups in total. The average molecular weight is 297 g/mol. The van der Waals surface area contributed by atoms with Gasteiger partial charge in [-0.2, -0.15) is 0 Å². The van der Waals surface area contributed by atoms with E-state index in [-0.39, 0.29) is 11.5 Å². The third kappa shape index (κ3) is 3.37. The maximum absolute atomic E-state index is 12.0. The van der Waals surface area contributed by atoms with Crippen molar-refractivity contribution in [3.8, 4) is 0 Å². The molecule has 1 atom stereocenters. The summed E-state index contributed by atoms with van der Waals surface area (Å²) in [5.74, 6) is -0.149. The van der Waals surface area contributed by atoms with Gasteiger partial charge in [-0.1, -0.05) is 0 Å². The van der Waals surface area contributed by atoms with Crippen molar-refractivity contribution in [1.29, 1.82) is 0 Å². The van der Waals surface area contributed by atoms with Crippen molar-refractivity contribution in [3.63, 3.8) is 0 Å². The maximum atomic E-state index is 12.0. The fraction of sp³-hybridized carbons (Fsp3) is 0.714. The standard InChI is InChI=1S/C14H23N3O2S/c1-4-19-12(18)11-14(2,13-15-5-10-20-13)17-8-6-16(3)7-9-17/h5,10H,4,6-9,11H2,1-3H3. The zero-order chi connectivity index (χ0) is 14.6. The lowest BCUT2D eigenvalue weighted by molar-refractivity contribution is -0.147. The van der Waals surface area contributed by atoms with Crippen LogP contribution in [0.1, 0.15) is 25.3 Å². The number of rotatable bonds is 5. The van der Waals surface area contributed by atoms with Gasteiger partial charge in [-0.05, 0) is 20.9 Å². The number of carbonyl (C=O) groups excluding carboxylic acids is 1. The molecule has 0 saturated carbocycles. The molecule has 1 aliphatic heterocycles. The smallest absolute Gasteiger partial charge is 0.308 e. The van der Waals surface area contributed by atoms with E-state index in [1.54, 1.807) is 17.5 Å². The molecule has 20 heavy (non-hydrogen) atoms. The highest BCUT2D eigenvalue weighted by Crippen LogP contribution is 2.34. The molecular weight excluding hydrogens is 274 g/mol. The number of piperazine rings is 1. The largest absolute Gasteiger partial charge is 0.466 e. The van der Waals surface area contributed by atoms with E-state index in [1.165, 1.54) is 0 Å². The molecule has 0 amide bonds. The topological polar surface area (TPSA) is 45.7 Å². The molecule has 6 heteroatoms. The van der Waals surface area contributed by atoms with Crippen LogP contribution in [0, 0.1) is 0 Å². The van der Waals surface area contributed by atoms with Gasteiger partial charge in [0.05, 0.1) is 18.6 Å². The van der Waals surface area contributed by atoms with Crippen LogP contribution in [0.25, 0.3) is 0 Å². The van der Waals surface area contributed by atoms with Gasteiger partial charge in [-0.25, -0.2) is 4.98 Å². The fourth-order valence-corrected chi connectivity index (χ4v) is 3.43. The van der Waals surface area contributed by atoms with Gasteiger partial charge in [-0.3, -0.25) is 9.69 Å². The van der Waals surface area contributed by atoms with E-state index in [2.05, 4.69) is 28.8 Å². The summed E-state index contributed by atoms with van der Waals surface area (Å²) in [6.45, 7) is 8.31. The van der Waals surface area contributed by atoms with E-state index in [9.17, 15) is 4.79 Å². The Morgan fingerprint density at radius 2 is 2.15 bits per heavy atom. The second kappa shape index (κ2) is 6.65. The van der Waals surface area contributed by atoms with Crippen LogP contribution >= 0.6 is 11.3 Å². The minimum atomic E-state index is -0.359. The molecule has 1 aromatic rings. The summed E-state index contributed by atoms with van der Waals surface area (Å²) in [5.41, 5.74) is -0.359. The minimum Gasteiger partial charge on any atom is -0.466 e. The quantitative estimate of drug-likeness (QED) is 0.772. The van der Waals surface area contributed by atoms with Crippen LogP contribution in [-0.2, 0) is 15.1 Å². The van der Waals surface area contributed by atoms with Crippen LogP contribution in [-0.4, -0.2) is 60.6 Å². The zero-order valence-electron chi connectivity index (χ0n) is 12.5. The van der Waals surface area contributed by atoms with E-state index in [4.69, 9.17) is 4.74 Å². The lowest BCUT2D eigenvalue weighted by atomic mass is 9.95. The summed E-state index contributed by atoms with van der Waals surface area (Å²) in [4.78, 5) is 21.1. The molecule has 2 heterocycles. The van der Waals surface area contributed by atoms with Crippen molar-refractivity contribution >= 4 is 17.3 Å². The van der Waals surface area contributed by atoms with Crippen LogP contribution in [0.5, 0.6) is 0 Å². The first-order valence-corrected chi connectivity index (χ1v) is 7.93. The predicted octanol–water partition coefficient (Wildman–Crippen LogP) is 1.56. The number of esters is 1. The normalized spacial score (nSPS) is 20.6. The van der Waals surface area contributed by atoms with E-state index < -0.39 is 0 Å². The number of hydrogen-bond donors (Lipinski definition) is 0. The molecular formula is C14H23N3O2S. The van der Waals surface area contributed by atoms with Gasteiger partial charge >= 0.3 is 5.97 Å². The zero-order valence-corrected chi connectivity index (χ0v) is 13.3. The van der Waals surface area contributed by atoms with Gasteiger partial charge in [-0.15, -0.1) is 11.3 Å². The van der Waals surface area contributed by atoms with E-state index in [0.29, 0.717) is 13.0 Å². The highest BCUT2D eigenvalue weighted by atomic mass is 32.1. The van der Waals surface area contributed by atoms with Crippen LogP contribution in [0.2, 0.25) is 0 Å². The molecule has 1 fully saturated rings. The number of likely N-dealkylation sites (N-methyl/N-ethyl adjacent to an activating group) is 1. The summed E-state index contributed by atoms with van der Waals surface area (Å²) in [6, 6.07) is 0. The monoisotopic (exact) mass is 297 g/mol. The van der Waals surface area contributed by atoms with Crippen LogP contribution in [0.3, 0.4) is 0 Å². The Morgan fingerprint density at radius 1 is 1.45 bits per heavy atom. The van der Waals surface area contributed by atoms with Crippen molar-refractivity contribution in [2.75, 3.05) is 39.8 Å². The number of carbonyl (C=O) groups is 1. The Morgan fingerprint density at radius 3 is 2.70 bits per heavy atom. The maximum Gasteiger partial charge on any atom is 0.308 e. The molecule has 5 nitrogen and oxygen atoms in total. The third-order valence-corrected chi connectivity index (χ3v) is 4.91. The second-order valence-corrected chi connectivity index (χ2v) is 6.28. The SMILES string of the molecule is CCOC(=O)CC(C)(c1nccs1)N1CCN(C)CC1. The summed E-state index contributed by atoms with van der Waals surface area (Å²) in [7, 11) is 2.13. The van der Waals surface area contributed by atoms with Gasteiger partial charge in [0.15, 0.2) is 0 Å². The molecule has 2 rings (SSSR count). The minimum absolute atomic E-state index is 0.149. The number of hydrogen-bond acceptors (Lipinski definition) is 6. The number of aromatic nitrogens is 1. The summed E-state index contributed by atoms with van der Waals surface area (Å²) in [6.07, 6.45) is 2.16. The number of ether oxygens (including phenoxy) is 1. The van der Waals surface area contributed by atoms with Crippen molar-refractivity contribution < 1.29 is 9.53 Å². The molecule has 112 valence electrons. The molecule has 0 aliphatic carbocycles. The third-order valence-electron chi connectivity index (χ3n) is 3.89. The molecule has 0 aromatic carbocycles. The molecule has 1 saturated heterocycles. The van der Waals surface area contributed by atoms with Crippen molar-refractivity contribution in [2.45, 2.75) is 25.8 Å². The van der Waals surface area contributed by atoms with E-state index in [0.717, 1.165) is 31.2 Å². The first-order valence-electron chi connectivity index (χ1n) is 7.05. The summed E-state index contributed by atoms with van der Waals surface area (Å²) >= 11 is 1.61. The highest BCUT2D eigenvalue weighted by Gasteiger charge is 2.39. The molecule has 0 spiro atoms. The van der Waals surface area contributed by atoms with Crippen LogP contribution in [0.4, 0.5) is 0 Å². The molecule has 1 aliphatic rings. The number of thiazole rings is 1. The van der Waals surface area contributed by atoms with Crippen molar-refractivity contribution in [3.05, 3.63) is 16.6 Å². The summed E-state index contributed by atoms with van der Waals surface area (Å²) < 4.78 is 5.15. The van der Waals surface area contributed by atoms with Gasteiger partial charge in [0.2, 0.25) is 0 Å². The molecule has 1 aromatic heterocycles. The van der Waals surface area contributed by atoms with Crippen LogP contribution in [0.15, 0.2) is 11.6 Å². The summed E-state index contributed by atoms with van der Waals surface area (Å²) in [5, 5.41) is 2.96. The Kier molecular flexibility index (Phi) is 5.12.